The van der Waals surface area contributed by atoms with E-state index in [1.54, 1.807) is 29.2 Å². The maximum atomic E-state index is 13.6. The van der Waals surface area contributed by atoms with E-state index in [1.807, 2.05) is 32.0 Å². The fourth-order valence-corrected chi connectivity index (χ4v) is 9.57. The number of benzene rings is 2. The Bertz CT molecular complexity index is 1790. The number of imide groups is 1. The highest BCUT2D eigenvalue weighted by molar-refractivity contribution is 7.81. The average Bonchev–Trinajstić information content (AvgIpc) is 3.32. The van der Waals surface area contributed by atoms with Gasteiger partial charge in [-0.25, -0.2) is 0 Å². The Balaban J connectivity index is 0.00000600. The van der Waals surface area contributed by atoms with Crippen LogP contribution in [0.25, 0.3) is 0 Å². The molecule has 2 aromatic rings. The van der Waals surface area contributed by atoms with E-state index in [0.717, 1.165) is 51.7 Å². The van der Waals surface area contributed by atoms with E-state index in [-0.39, 0.29) is 66.8 Å². The van der Waals surface area contributed by atoms with Crippen LogP contribution in [0.5, 0.6) is 0 Å². The fraction of sp³-hybridized carbons (Fsp3) is 0.575. The number of nitriles is 1. The van der Waals surface area contributed by atoms with E-state index in [0.29, 0.717) is 47.1 Å². The number of piperazine rings is 1. The molecule has 4 fully saturated rings. The number of anilines is 3. The van der Waals surface area contributed by atoms with Crippen LogP contribution < -0.4 is 20.9 Å². The summed E-state index contributed by atoms with van der Waals surface area (Å²) in [6.45, 7) is 11.9. The quantitative estimate of drug-likeness (QED) is 0.127. The highest BCUT2D eigenvalue weighted by Gasteiger charge is 2.54. The number of carbonyl (C=O) groups excluding carboxylic acids is 4. The zero-order valence-corrected chi connectivity index (χ0v) is 35.0. The first-order valence-corrected chi connectivity index (χ1v) is 20.2. The largest absolute Gasteiger partial charge is 0.378 e. The van der Waals surface area contributed by atoms with E-state index >= 15 is 0 Å². The molecule has 1 saturated carbocycles. The first-order valence-electron chi connectivity index (χ1n) is 19.3. The van der Waals surface area contributed by atoms with Crippen molar-refractivity contribution in [1.82, 2.24) is 20.0 Å². The minimum Gasteiger partial charge on any atom is -0.378 e. The van der Waals surface area contributed by atoms with Gasteiger partial charge in [-0.1, -0.05) is 17.7 Å². The number of nitrogens with one attached hydrogen (secondary N) is 3. The number of hydrogen-bond acceptors (Lipinski definition) is 11. The van der Waals surface area contributed by atoms with Gasteiger partial charge in [0.25, 0.3) is 0 Å². The van der Waals surface area contributed by atoms with Crippen LogP contribution in [0.1, 0.15) is 78.2 Å². The molecule has 3 heterocycles. The molecule has 0 bridgehead atoms. The zero-order valence-electron chi connectivity index (χ0n) is 32.5. The van der Waals surface area contributed by atoms with E-state index in [1.165, 1.54) is 0 Å². The molecule has 4 atom stereocenters. The van der Waals surface area contributed by atoms with Gasteiger partial charge >= 0.3 is 0 Å². The molecule has 13 nitrogen and oxygen atoms in total. The van der Waals surface area contributed by atoms with Crippen LogP contribution in [0.2, 0.25) is 5.02 Å². The van der Waals surface area contributed by atoms with E-state index in [4.69, 9.17) is 29.0 Å². The van der Waals surface area contributed by atoms with Gasteiger partial charge in [0.2, 0.25) is 23.6 Å². The molecule has 16 heteroatoms. The molecule has 3 aliphatic heterocycles. The second kappa shape index (κ2) is 18.9. The maximum absolute atomic E-state index is 13.6. The van der Waals surface area contributed by atoms with Crippen LogP contribution >= 0.6 is 36.6 Å². The van der Waals surface area contributed by atoms with Gasteiger partial charge in [0.15, 0.2) is 0 Å². The lowest BCUT2D eigenvalue weighted by Gasteiger charge is -2.44. The van der Waals surface area contributed by atoms with Gasteiger partial charge in [0, 0.05) is 67.8 Å². The molecule has 0 spiro atoms. The zero-order chi connectivity index (χ0) is 39.4. The lowest BCUT2D eigenvalue weighted by atomic mass is 9.89. The number of thiol groups is 1. The summed E-state index contributed by atoms with van der Waals surface area (Å²) in [6, 6.07) is 14.5. The van der Waals surface area contributed by atoms with Crippen molar-refractivity contribution in [2.24, 2.45) is 0 Å². The second-order valence-corrected chi connectivity index (χ2v) is 16.7. The summed E-state index contributed by atoms with van der Waals surface area (Å²) in [7, 11) is 0. The number of carbonyl (C=O) groups is 4. The van der Waals surface area contributed by atoms with Gasteiger partial charge in [-0.15, -0.1) is 25.0 Å². The molecule has 1 aliphatic carbocycles. The molecule has 3 N–H and O–H groups in total. The molecule has 2 unspecified atom stereocenters. The SMILES string of the molecule is C[C@@H]1CN(CCCOC2CCC(N3C(S)N(c4ccc(C#N)c(Cl)c4)C(=O)C3(C)C)CC2)C[C@H](C)N1CC(=O)Nc1cccc(NC2CCC(=O)NC2=O)c1.Cl. The number of ether oxygens (including phenoxy) is 1. The molecule has 0 aromatic heterocycles. The third-order valence-corrected chi connectivity index (χ3v) is 12.3. The Morgan fingerprint density at radius 3 is 2.39 bits per heavy atom. The van der Waals surface area contributed by atoms with Crippen molar-refractivity contribution < 1.29 is 23.9 Å². The van der Waals surface area contributed by atoms with E-state index in [9.17, 15) is 24.4 Å². The second-order valence-electron chi connectivity index (χ2n) is 15.8. The Kier molecular flexibility index (Phi) is 14.7. The van der Waals surface area contributed by atoms with Gasteiger partial charge in [-0.2, -0.15) is 5.26 Å². The van der Waals surface area contributed by atoms with Crippen LogP contribution in [0, 0.1) is 11.3 Å². The fourth-order valence-electron chi connectivity index (χ4n) is 8.64. The van der Waals surface area contributed by atoms with E-state index < -0.39 is 17.1 Å². The first-order chi connectivity index (χ1) is 26.2. The molecule has 0 radical (unpaired) electrons. The molecule has 4 aliphatic rings. The van der Waals surface area contributed by atoms with Crippen molar-refractivity contribution in [2.75, 3.05) is 48.3 Å². The van der Waals surface area contributed by atoms with Crippen LogP contribution in [-0.4, -0.2) is 112 Å². The van der Waals surface area contributed by atoms with E-state index in [2.05, 4.69) is 50.6 Å². The summed E-state index contributed by atoms with van der Waals surface area (Å²) in [6.07, 6.45) is 5.50. The Morgan fingerprint density at radius 1 is 1.04 bits per heavy atom. The lowest BCUT2D eigenvalue weighted by Crippen LogP contribution is -2.58. The number of halogens is 2. The number of nitrogens with zero attached hydrogens (tertiary/aromatic N) is 5. The minimum atomic E-state index is -0.738. The number of rotatable bonds is 12. The van der Waals surface area contributed by atoms with Crippen molar-refractivity contribution in [3.05, 3.63) is 53.1 Å². The summed E-state index contributed by atoms with van der Waals surface area (Å²) >= 11 is 11.2. The Morgan fingerprint density at radius 2 is 1.73 bits per heavy atom. The minimum absolute atomic E-state index is 0. The van der Waals surface area contributed by atoms with Gasteiger partial charge < -0.3 is 20.3 Å². The first kappa shape index (κ1) is 43.7. The van der Waals surface area contributed by atoms with Crippen molar-refractivity contribution in [3.63, 3.8) is 0 Å². The monoisotopic (exact) mass is 828 g/mol. The van der Waals surface area contributed by atoms with Crippen molar-refractivity contribution >= 4 is 77.3 Å². The molecule has 304 valence electrons. The molecular weight excluding hydrogens is 775 g/mol. The number of hydrogen-bond donors (Lipinski definition) is 4. The highest BCUT2D eigenvalue weighted by Crippen LogP contribution is 2.42. The lowest BCUT2D eigenvalue weighted by molar-refractivity contribution is -0.133. The summed E-state index contributed by atoms with van der Waals surface area (Å²) < 4.78 is 6.37. The third-order valence-electron chi connectivity index (χ3n) is 11.5. The van der Waals surface area contributed by atoms with Crippen molar-refractivity contribution in [2.45, 2.75) is 114 Å². The van der Waals surface area contributed by atoms with Gasteiger partial charge in [0.05, 0.1) is 28.8 Å². The Hall–Kier alpha value is -3.42. The average molecular weight is 830 g/mol. The topological polar surface area (TPSA) is 150 Å². The third kappa shape index (κ3) is 9.99. The molecular formula is C40H54Cl2N8O5S. The molecule has 2 aromatic carbocycles. The summed E-state index contributed by atoms with van der Waals surface area (Å²) in [4.78, 5) is 59.0. The van der Waals surface area contributed by atoms with Gasteiger partial charge in [0.1, 0.15) is 17.6 Å². The smallest absolute Gasteiger partial charge is 0.249 e. The summed E-state index contributed by atoms with van der Waals surface area (Å²) in [5.74, 6) is -0.725. The predicted octanol–water partition coefficient (Wildman–Crippen LogP) is 5.24. The van der Waals surface area contributed by atoms with Crippen molar-refractivity contribution in [1.29, 1.82) is 5.26 Å². The van der Waals surface area contributed by atoms with Crippen LogP contribution in [0.4, 0.5) is 17.1 Å². The molecule has 56 heavy (non-hydrogen) atoms. The van der Waals surface area contributed by atoms with Crippen LogP contribution in [0.15, 0.2) is 42.5 Å². The van der Waals surface area contributed by atoms with Crippen LogP contribution in [-0.2, 0) is 23.9 Å². The number of amides is 4. The Labute approximate surface area is 346 Å². The standard InChI is InChI=1S/C40H53ClN8O5S.ClH/c1-25-22-46(23-26(2)47(25)24-36(51)44-29-8-5-7-28(19-29)43-34-15-16-35(50)45-37(34)52)17-6-18-54-32-13-11-30(12-14-32)49-39(55)48(38(53)40(49,3)4)31-10-9-27(21-42)33(41)20-31;/h5,7-10,19-20,25-26,30,32,34,39,43,55H,6,11-18,22-24H2,1-4H3,(H,44,51)(H,45,50,52);1H/t25-,26+,30?,32?,34?,39?;. The normalized spacial score (nSPS) is 27.3. The van der Waals surface area contributed by atoms with Gasteiger partial charge in [-0.05, 0) is 103 Å². The highest BCUT2D eigenvalue weighted by atomic mass is 35.5. The number of piperidine rings is 1. The summed E-state index contributed by atoms with van der Waals surface area (Å²) in [5, 5.41) is 18.1. The van der Waals surface area contributed by atoms with Gasteiger partial charge in [-0.3, -0.25) is 39.2 Å². The van der Waals surface area contributed by atoms with Crippen LogP contribution in [0.3, 0.4) is 0 Å². The summed E-state index contributed by atoms with van der Waals surface area (Å²) in [5.41, 5.74) is 1.18. The molecule has 4 amide bonds. The molecule has 6 rings (SSSR count). The maximum Gasteiger partial charge on any atom is 0.249 e. The predicted molar refractivity (Wildman–Crippen MR) is 223 cm³/mol. The van der Waals surface area contributed by atoms with Crippen molar-refractivity contribution in [3.8, 4) is 6.07 Å². The molecule has 3 saturated heterocycles.